The van der Waals surface area contributed by atoms with Gasteiger partial charge in [0.05, 0.1) is 11.3 Å². The summed E-state index contributed by atoms with van der Waals surface area (Å²) in [5.74, 6) is 1.60. The number of nitrogen functional groups attached to an aromatic ring is 1. The van der Waals surface area contributed by atoms with Crippen LogP contribution in [0, 0.1) is 0 Å². The summed E-state index contributed by atoms with van der Waals surface area (Å²) in [6.07, 6.45) is 3.98. The van der Waals surface area contributed by atoms with Crippen molar-refractivity contribution >= 4 is 5.82 Å². The Labute approximate surface area is 156 Å². The van der Waals surface area contributed by atoms with Crippen molar-refractivity contribution in [3.05, 3.63) is 89.9 Å². The number of hydrogen-bond donors (Lipinski definition) is 1. The Morgan fingerprint density at radius 2 is 1.78 bits per heavy atom. The molecular weight excluding hydrogens is 340 g/mol. The van der Waals surface area contributed by atoms with Crippen LogP contribution in [0.4, 0.5) is 5.82 Å². The number of nitrogens with zero attached hydrogens (tertiary/aromatic N) is 3. The molecule has 0 aliphatic heterocycles. The minimum atomic E-state index is 0.417. The fourth-order valence-electron chi connectivity index (χ4n) is 2.73. The molecule has 134 valence electrons. The first-order valence-electron chi connectivity index (χ1n) is 8.56. The van der Waals surface area contributed by atoms with Crippen molar-refractivity contribution in [3.8, 4) is 17.2 Å². The predicted molar refractivity (Wildman–Crippen MR) is 102 cm³/mol. The molecule has 0 aliphatic carbocycles. The highest BCUT2D eigenvalue weighted by atomic mass is 16.5. The molecule has 0 bridgehead atoms. The topological polar surface area (TPSA) is 87.1 Å². The van der Waals surface area contributed by atoms with Crippen molar-refractivity contribution in [2.24, 2.45) is 0 Å². The Bertz CT molecular complexity index is 1030. The summed E-state index contributed by atoms with van der Waals surface area (Å²) in [5, 5.41) is 4.13. The Morgan fingerprint density at radius 1 is 0.889 bits per heavy atom. The molecule has 0 saturated heterocycles. The Hall–Kier alpha value is -3.67. The molecule has 0 radical (unpaired) electrons. The lowest BCUT2D eigenvalue weighted by molar-refractivity contribution is 0.293. The van der Waals surface area contributed by atoms with Crippen molar-refractivity contribution < 1.29 is 9.26 Å². The molecule has 3 heterocycles. The fraction of sp³-hybridized carbons (Fsp3) is 0.0952. The SMILES string of the molecule is Nc1ncccc1-c1cc(Cc2ccnc(OCc3ccccc3)c2)no1. The molecule has 6 nitrogen and oxygen atoms in total. The molecule has 4 rings (SSSR count). The smallest absolute Gasteiger partial charge is 0.213 e. The third kappa shape index (κ3) is 4.12. The first-order valence-corrected chi connectivity index (χ1v) is 8.56. The van der Waals surface area contributed by atoms with Crippen LogP contribution in [-0.2, 0) is 13.0 Å². The zero-order chi connectivity index (χ0) is 18.5. The van der Waals surface area contributed by atoms with E-state index in [0.717, 1.165) is 22.4 Å². The van der Waals surface area contributed by atoms with E-state index >= 15 is 0 Å². The maximum atomic E-state index is 5.89. The van der Waals surface area contributed by atoms with E-state index in [1.54, 1.807) is 12.4 Å². The molecule has 0 saturated carbocycles. The molecule has 2 N–H and O–H groups in total. The number of ether oxygens (including phenoxy) is 1. The lowest BCUT2D eigenvalue weighted by atomic mass is 10.1. The van der Waals surface area contributed by atoms with Gasteiger partial charge < -0.3 is 15.0 Å². The number of benzene rings is 1. The maximum Gasteiger partial charge on any atom is 0.213 e. The summed E-state index contributed by atoms with van der Waals surface area (Å²) in [6.45, 7) is 0.478. The van der Waals surface area contributed by atoms with Crippen LogP contribution in [0.3, 0.4) is 0 Å². The van der Waals surface area contributed by atoms with Crippen LogP contribution in [0.25, 0.3) is 11.3 Å². The van der Waals surface area contributed by atoms with Gasteiger partial charge in [-0.25, -0.2) is 9.97 Å². The van der Waals surface area contributed by atoms with Gasteiger partial charge in [0.2, 0.25) is 5.88 Å². The number of nitrogens with two attached hydrogens (primary N) is 1. The molecule has 0 unspecified atom stereocenters. The quantitative estimate of drug-likeness (QED) is 0.563. The van der Waals surface area contributed by atoms with Crippen LogP contribution in [0.5, 0.6) is 5.88 Å². The molecule has 0 atom stereocenters. The standard InChI is InChI=1S/C21H18N4O2/c22-21-18(7-4-9-24-21)19-13-17(25-27-19)11-16-8-10-23-20(12-16)26-14-15-5-2-1-3-6-15/h1-10,12-13H,11,14H2,(H2,22,24). The van der Waals surface area contributed by atoms with Crippen LogP contribution in [0.1, 0.15) is 16.8 Å². The van der Waals surface area contributed by atoms with E-state index in [-0.39, 0.29) is 0 Å². The first kappa shape index (κ1) is 16.8. The molecule has 0 fully saturated rings. The van der Waals surface area contributed by atoms with Crippen LogP contribution >= 0.6 is 0 Å². The summed E-state index contributed by atoms with van der Waals surface area (Å²) in [6, 6.07) is 19.4. The highest BCUT2D eigenvalue weighted by Gasteiger charge is 2.11. The molecule has 4 aromatic rings. The summed E-state index contributed by atoms with van der Waals surface area (Å²) in [7, 11) is 0. The van der Waals surface area contributed by atoms with Crippen LogP contribution < -0.4 is 10.5 Å². The second kappa shape index (κ2) is 7.70. The number of rotatable bonds is 6. The average Bonchev–Trinajstić information content (AvgIpc) is 3.16. The zero-order valence-electron chi connectivity index (χ0n) is 14.6. The highest BCUT2D eigenvalue weighted by molar-refractivity contribution is 5.69. The molecule has 0 spiro atoms. The third-order valence-electron chi connectivity index (χ3n) is 4.08. The van der Waals surface area contributed by atoms with Crippen molar-refractivity contribution in [3.63, 3.8) is 0 Å². The van der Waals surface area contributed by atoms with Gasteiger partial charge >= 0.3 is 0 Å². The van der Waals surface area contributed by atoms with E-state index in [1.165, 1.54) is 0 Å². The van der Waals surface area contributed by atoms with Crippen molar-refractivity contribution in [1.82, 2.24) is 15.1 Å². The highest BCUT2D eigenvalue weighted by Crippen LogP contribution is 2.25. The molecule has 3 aromatic heterocycles. The van der Waals surface area contributed by atoms with E-state index in [0.29, 0.717) is 30.5 Å². The molecule has 0 aliphatic rings. The van der Waals surface area contributed by atoms with E-state index in [4.69, 9.17) is 15.0 Å². The molecule has 0 amide bonds. The summed E-state index contributed by atoms with van der Waals surface area (Å²) in [4.78, 5) is 8.34. The molecule has 6 heteroatoms. The largest absolute Gasteiger partial charge is 0.473 e. The normalized spacial score (nSPS) is 10.7. The Morgan fingerprint density at radius 3 is 2.63 bits per heavy atom. The van der Waals surface area contributed by atoms with Gasteiger partial charge in [0.1, 0.15) is 12.4 Å². The first-order chi connectivity index (χ1) is 13.3. The fourth-order valence-corrected chi connectivity index (χ4v) is 2.73. The number of pyridine rings is 2. The van der Waals surface area contributed by atoms with Gasteiger partial charge in [-0.15, -0.1) is 0 Å². The van der Waals surface area contributed by atoms with E-state index in [1.807, 2.05) is 60.7 Å². The molecule has 1 aromatic carbocycles. The van der Waals surface area contributed by atoms with Crippen molar-refractivity contribution in [1.29, 1.82) is 0 Å². The number of hydrogen-bond acceptors (Lipinski definition) is 6. The monoisotopic (exact) mass is 358 g/mol. The van der Waals surface area contributed by atoms with Gasteiger partial charge in [0.15, 0.2) is 5.76 Å². The van der Waals surface area contributed by atoms with E-state index in [2.05, 4.69) is 15.1 Å². The molecule has 27 heavy (non-hydrogen) atoms. The van der Waals surface area contributed by atoms with Crippen LogP contribution in [0.15, 0.2) is 77.6 Å². The van der Waals surface area contributed by atoms with E-state index in [9.17, 15) is 0 Å². The van der Waals surface area contributed by atoms with Gasteiger partial charge in [-0.3, -0.25) is 0 Å². The third-order valence-corrected chi connectivity index (χ3v) is 4.08. The lowest BCUT2D eigenvalue weighted by Crippen LogP contribution is -1.98. The Balaban J connectivity index is 1.45. The predicted octanol–water partition coefficient (Wildman–Crippen LogP) is 3.88. The van der Waals surface area contributed by atoms with Crippen molar-refractivity contribution in [2.45, 2.75) is 13.0 Å². The number of anilines is 1. The summed E-state index contributed by atoms with van der Waals surface area (Å²) < 4.78 is 11.2. The van der Waals surface area contributed by atoms with Crippen LogP contribution in [0.2, 0.25) is 0 Å². The average molecular weight is 358 g/mol. The van der Waals surface area contributed by atoms with Gasteiger partial charge in [-0.2, -0.15) is 0 Å². The minimum Gasteiger partial charge on any atom is -0.473 e. The number of aromatic nitrogens is 3. The van der Waals surface area contributed by atoms with Crippen LogP contribution in [-0.4, -0.2) is 15.1 Å². The van der Waals surface area contributed by atoms with Gasteiger partial charge in [-0.1, -0.05) is 35.5 Å². The van der Waals surface area contributed by atoms with E-state index < -0.39 is 0 Å². The Kier molecular flexibility index (Phi) is 4.78. The van der Waals surface area contributed by atoms with Crippen molar-refractivity contribution in [2.75, 3.05) is 5.73 Å². The summed E-state index contributed by atoms with van der Waals surface area (Å²) >= 11 is 0. The second-order valence-corrected chi connectivity index (χ2v) is 6.07. The zero-order valence-corrected chi connectivity index (χ0v) is 14.6. The van der Waals surface area contributed by atoms with Gasteiger partial charge in [0, 0.05) is 30.9 Å². The minimum absolute atomic E-state index is 0.417. The molecular formula is C21H18N4O2. The second-order valence-electron chi connectivity index (χ2n) is 6.07. The van der Waals surface area contributed by atoms with Gasteiger partial charge in [-0.05, 0) is 29.3 Å². The van der Waals surface area contributed by atoms with Gasteiger partial charge in [0.25, 0.3) is 0 Å². The lowest BCUT2D eigenvalue weighted by Gasteiger charge is -2.06. The maximum absolute atomic E-state index is 5.89. The summed E-state index contributed by atoms with van der Waals surface area (Å²) in [5.41, 5.74) is 9.56.